The van der Waals surface area contributed by atoms with Crippen molar-refractivity contribution in [3.8, 4) is 0 Å². The molecular weight excluding hydrogens is 212 g/mol. The van der Waals surface area contributed by atoms with Gasteiger partial charge in [-0.25, -0.2) is 0 Å². The van der Waals surface area contributed by atoms with Crippen molar-refractivity contribution in [2.75, 3.05) is 19.3 Å². The van der Waals surface area contributed by atoms with Crippen LogP contribution < -0.4 is 11.1 Å². The van der Waals surface area contributed by atoms with Crippen LogP contribution >= 0.6 is 12.4 Å². The lowest BCUT2D eigenvalue weighted by atomic mass is 10.2. The Balaban J connectivity index is 0.000000346. The van der Waals surface area contributed by atoms with Crippen LogP contribution in [-0.4, -0.2) is 23.8 Å². The zero-order valence-electron chi connectivity index (χ0n) is 8.95. The second-order valence-electron chi connectivity index (χ2n) is 2.86. The van der Waals surface area contributed by atoms with Gasteiger partial charge in [0.15, 0.2) is 5.82 Å². The number of fused-ring (bicyclic) bond motifs is 1. The summed E-state index contributed by atoms with van der Waals surface area (Å²) in [5, 5.41) is 10.6. The molecule has 84 valence electrons. The van der Waals surface area contributed by atoms with Crippen LogP contribution in [0.25, 0.3) is 10.9 Å². The number of nitrogens with zero attached hydrogens (tertiary/aromatic N) is 1. The van der Waals surface area contributed by atoms with Gasteiger partial charge in [-0.1, -0.05) is 19.1 Å². The number of hydrogen-bond donors (Lipinski definition) is 3. The molecule has 4 N–H and O–H groups in total. The van der Waals surface area contributed by atoms with Crippen LogP contribution in [0.1, 0.15) is 6.92 Å². The standard InChI is InChI=1S/C7H7N3.C3H9N.ClH/c8-7-5-3-1-2-4-6(5)9-10-7;1-3-4-2;/h1-4H,(H3,8,9,10);4H,3H2,1-2H3;1H. The molecule has 15 heavy (non-hydrogen) atoms. The molecule has 2 rings (SSSR count). The summed E-state index contributed by atoms with van der Waals surface area (Å²) in [5.74, 6) is 0.565. The maximum Gasteiger partial charge on any atom is 0.153 e. The smallest absolute Gasteiger partial charge is 0.153 e. The van der Waals surface area contributed by atoms with Crippen molar-refractivity contribution in [1.29, 1.82) is 0 Å². The van der Waals surface area contributed by atoms with Crippen molar-refractivity contribution in [3.63, 3.8) is 0 Å². The Hall–Kier alpha value is -1.26. The van der Waals surface area contributed by atoms with Gasteiger partial charge in [-0.15, -0.1) is 12.4 Å². The van der Waals surface area contributed by atoms with Crippen LogP contribution in [0.3, 0.4) is 0 Å². The third-order valence-corrected chi connectivity index (χ3v) is 1.85. The Labute approximate surface area is 95.7 Å². The van der Waals surface area contributed by atoms with Gasteiger partial charge < -0.3 is 11.1 Å². The Morgan fingerprint density at radius 3 is 2.53 bits per heavy atom. The lowest BCUT2D eigenvalue weighted by Crippen LogP contribution is -2.01. The number of H-pyrrole nitrogens is 1. The van der Waals surface area contributed by atoms with Gasteiger partial charge in [0.1, 0.15) is 0 Å². The van der Waals surface area contributed by atoms with Gasteiger partial charge in [0.05, 0.1) is 5.52 Å². The van der Waals surface area contributed by atoms with Gasteiger partial charge in [-0.2, -0.15) is 5.10 Å². The van der Waals surface area contributed by atoms with Gasteiger partial charge in [0.2, 0.25) is 0 Å². The molecule has 0 saturated heterocycles. The summed E-state index contributed by atoms with van der Waals surface area (Å²) in [4.78, 5) is 0. The van der Waals surface area contributed by atoms with Crippen LogP contribution in [0, 0.1) is 0 Å². The molecule has 0 radical (unpaired) electrons. The van der Waals surface area contributed by atoms with Crippen molar-refractivity contribution in [2.45, 2.75) is 6.92 Å². The third kappa shape index (κ3) is 3.77. The number of hydrogen-bond acceptors (Lipinski definition) is 3. The Kier molecular flexibility index (Phi) is 6.49. The van der Waals surface area contributed by atoms with Crippen LogP contribution in [0.15, 0.2) is 24.3 Å². The van der Waals surface area contributed by atoms with E-state index in [9.17, 15) is 0 Å². The molecule has 4 nitrogen and oxygen atoms in total. The molecule has 0 aliphatic rings. The van der Waals surface area contributed by atoms with Gasteiger partial charge in [-0.05, 0) is 25.7 Å². The molecule has 0 aliphatic heterocycles. The van der Waals surface area contributed by atoms with E-state index in [2.05, 4.69) is 22.4 Å². The van der Waals surface area contributed by atoms with Gasteiger partial charge in [-0.3, -0.25) is 5.10 Å². The predicted octanol–water partition coefficient (Wildman–Crippen LogP) is 1.79. The number of rotatable bonds is 1. The number of nitrogen functional groups attached to an aromatic ring is 1. The van der Waals surface area contributed by atoms with Crippen molar-refractivity contribution in [2.24, 2.45) is 0 Å². The largest absolute Gasteiger partial charge is 0.382 e. The number of para-hydroxylation sites is 1. The Bertz CT molecular complexity index is 384. The fraction of sp³-hybridized carbons (Fsp3) is 0.300. The molecule has 0 spiro atoms. The molecule has 1 aromatic heterocycles. The molecule has 1 heterocycles. The van der Waals surface area contributed by atoms with E-state index in [4.69, 9.17) is 5.73 Å². The monoisotopic (exact) mass is 228 g/mol. The van der Waals surface area contributed by atoms with Crippen LogP contribution in [0.5, 0.6) is 0 Å². The van der Waals surface area contributed by atoms with E-state index in [-0.39, 0.29) is 12.4 Å². The predicted molar refractivity (Wildman–Crippen MR) is 67.4 cm³/mol. The van der Waals surface area contributed by atoms with E-state index in [0.717, 1.165) is 17.4 Å². The van der Waals surface area contributed by atoms with E-state index >= 15 is 0 Å². The third-order valence-electron chi connectivity index (χ3n) is 1.85. The van der Waals surface area contributed by atoms with Gasteiger partial charge in [0.25, 0.3) is 0 Å². The molecule has 0 fully saturated rings. The number of nitrogens with one attached hydrogen (secondary N) is 2. The quantitative estimate of drug-likeness (QED) is 0.697. The van der Waals surface area contributed by atoms with E-state index in [1.165, 1.54) is 0 Å². The number of aromatic nitrogens is 2. The molecule has 2 aromatic rings. The summed E-state index contributed by atoms with van der Waals surface area (Å²) in [6.45, 7) is 3.14. The number of benzene rings is 1. The number of anilines is 1. The topological polar surface area (TPSA) is 66.7 Å². The van der Waals surface area contributed by atoms with Crippen molar-refractivity contribution < 1.29 is 0 Å². The average molecular weight is 229 g/mol. The minimum Gasteiger partial charge on any atom is -0.382 e. The summed E-state index contributed by atoms with van der Waals surface area (Å²) in [6, 6.07) is 7.76. The van der Waals surface area contributed by atoms with E-state index in [1.54, 1.807) is 0 Å². The molecule has 0 aliphatic carbocycles. The first-order chi connectivity index (χ1) is 6.79. The number of nitrogens with two attached hydrogens (primary N) is 1. The molecule has 0 bridgehead atoms. The molecule has 5 heteroatoms. The second kappa shape index (κ2) is 7.09. The SMILES string of the molecule is CCNC.Cl.Nc1n[nH]c2ccccc12. The molecule has 1 aromatic carbocycles. The first-order valence-electron chi connectivity index (χ1n) is 4.62. The second-order valence-corrected chi connectivity index (χ2v) is 2.86. The average Bonchev–Trinajstić information content (AvgIpc) is 2.62. The molecule has 0 saturated carbocycles. The zero-order valence-corrected chi connectivity index (χ0v) is 9.77. The Morgan fingerprint density at radius 2 is 2.00 bits per heavy atom. The van der Waals surface area contributed by atoms with E-state index in [1.807, 2.05) is 31.3 Å². The molecule has 0 amide bonds. The molecular formula is C10H17ClN4. The number of aromatic amines is 1. The van der Waals surface area contributed by atoms with Crippen molar-refractivity contribution >= 4 is 29.1 Å². The highest BCUT2D eigenvalue weighted by atomic mass is 35.5. The van der Waals surface area contributed by atoms with Gasteiger partial charge in [0, 0.05) is 5.39 Å². The lowest BCUT2D eigenvalue weighted by Gasteiger charge is -1.84. The summed E-state index contributed by atoms with van der Waals surface area (Å²) in [5.41, 5.74) is 6.52. The summed E-state index contributed by atoms with van der Waals surface area (Å²) in [7, 11) is 1.93. The first-order valence-corrected chi connectivity index (χ1v) is 4.62. The molecule has 0 unspecified atom stereocenters. The van der Waals surface area contributed by atoms with Crippen LogP contribution in [0.4, 0.5) is 5.82 Å². The summed E-state index contributed by atoms with van der Waals surface area (Å²) < 4.78 is 0. The molecule has 0 atom stereocenters. The van der Waals surface area contributed by atoms with Crippen molar-refractivity contribution in [3.05, 3.63) is 24.3 Å². The fourth-order valence-electron chi connectivity index (χ4n) is 0.985. The fourth-order valence-corrected chi connectivity index (χ4v) is 0.985. The van der Waals surface area contributed by atoms with Crippen molar-refractivity contribution in [1.82, 2.24) is 15.5 Å². The van der Waals surface area contributed by atoms with Crippen LogP contribution in [0.2, 0.25) is 0 Å². The maximum atomic E-state index is 5.53. The highest BCUT2D eigenvalue weighted by Gasteiger charge is 1.97. The highest BCUT2D eigenvalue weighted by Crippen LogP contribution is 2.15. The normalized spacial score (nSPS) is 8.93. The summed E-state index contributed by atoms with van der Waals surface area (Å²) >= 11 is 0. The maximum absolute atomic E-state index is 5.53. The highest BCUT2D eigenvalue weighted by molar-refractivity contribution is 5.88. The van der Waals surface area contributed by atoms with E-state index < -0.39 is 0 Å². The minimum absolute atomic E-state index is 0. The zero-order chi connectivity index (χ0) is 10.4. The van der Waals surface area contributed by atoms with E-state index in [0.29, 0.717) is 5.82 Å². The summed E-state index contributed by atoms with van der Waals surface area (Å²) in [6.07, 6.45) is 0. The minimum atomic E-state index is 0. The lowest BCUT2D eigenvalue weighted by molar-refractivity contribution is 0.864. The Morgan fingerprint density at radius 1 is 1.40 bits per heavy atom. The van der Waals surface area contributed by atoms with Gasteiger partial charge >= 0.3 is 0 Å². The number of halogens is 1. The first kappa shape index (κ1) is 13.7. The van der Waals surface area contributed by atoms with Crippen LogP contribution in [-0.2, 0) is 0 Å².